The van der Waals surface area contributed by atoms with Gasteiger partial charge in [-0.3, -0.25) is 4.68 Å². The van der Waals surface area contributed by atoms with Gasteiger partial charge < -0.3 is 5.32 Å². The molecule has 3 aromatic rings. The molecule has 2 aromatic carbocycles. The zero-order chi connectivity index (χ0) is 17.1. The average molecular weight is 332 g/mol. The Morgan fingerprint density at radius 2 is 1.92 bits per heavy atom. The normalized spacial score (nSPS) is 17.9. The van der Waals surface area contributed by atoms with Gasteiger partial charge >= 0.3 is 0 Å². The predicted molar refractivity (Wildman–Crippen MR) is 99.1 cm³/mol. The first kappa shape index (κ1) is 16.0. The maximum Gasteiger partial charge on any atom is 0.140 e. The number of fused-ring (bicyclic) bond motifs is 1. The van der Waals surface area contributed by atoms with Crippen LogP contribution in [0.25, 0.3) is 0 Å². The van der Waals surface area contributed by atoms with E-state index in [9.17, 15) is 0 Å². The van der Waals surface area contributed by atoms with Gasteiger partial charge in [0, 0.05) is 19.0 Å². The molecule has 4 nitrogen and oxygen atoms in total. The molecular formula is C21H24N4. The van der Waals surface area contributed by atoms with Crippen molar-refractivity contribution in [2.75, 3.05) is 0 Å². The molecule has 1 N–H and O–H groups in total. The lowest BCUT2D eigenvalue weighted by Crippen LogP contribution is -2.30. The van der Waals surface area contributed by atoms with E-state index < -0.39 is 0 Å². The van der Waals surface area contributed by atoms with Crippen molar-refractivity contribution >= 4 is 0 Å². The van der Waals surface area contributed by atoms with E-state index >= 15 is 0 Å². The molecule has 0 amide bonds. The van der Waals surface area contributed by atoms with Crippen LogP contribution in [0.2, 0.25) is 0 Å². The second kappa shape index (κ2) is 7.19. The standard InChI is InChI=1S/C21H24N4/c1-25-20(23-15-24-25)14-22-21(17-9-3-2-4-10-17)19-13-7-11-16-8-5-6-12-18(16)19/h2-6,8-10,12,15,19,21-22H,7,11,13-14H2,1H3. The highest BCUT2D eigenvalue weighted by molar-refractivity contribution is 5.36. The maximum absolute atomic E-state index is 4.36. The molecule has 0 aliphatic heterocycles. The van der Waals surface area contributed by atoms with Gasteiger partial charge in [0.15, 0.2) is 0 Å². The van der Waals surface area contributed by atoms with Crippen molar-refractivity contribution in [3.8, 4) is 0 Å². The molecule has 1 aliphatic carbocycles. The van der Waals surface area contributed by atoms with Gasteiger partial charge in [-0.25, -0.2) is 4.98 Å². The molecule has 0 saturated heterocycles. The van der Waals surface area contributed by atoms with Crippen molar-refractivity contribution in [1.29, 1.82) is 0 Å². The third-order valence-electron chi connectivity index (χ3n) is 5.26. The number of nitrogens with zero attached hydrogens (tertiary/aromatic N) is 3. The number of nitrogens with one attached hydrogen (secondary N) is 1. The van der Waals surface area contributed by atoms with Crippen LogP contribution in [-0.4, -0.2) is 14.8 Å². The first-order chi connectivity index (χ1) is 12.3. The lowest BCUT2D eigenvalue weighted by atomic mass is 9.76. The molecule has 4 rings (SSSR count). The van der Waals surface area contributed by atoms with E-state index in [1.165, 1.54) is 36.0 Å². The lowest BCUT2D eigenvalue weighted by molar-refractivity contribution is 0.393. The molecule has 0 spiro atoms. The van der Waals surface area contributed by atoms with Crippen LogP contribution in [-0.2, 0) is 20.0 Å². The van der Waals surface area contributed by atoms with Crippen molar-refractivity contribution in [3.05, 3.63) is 83.4 Å². The number of aryl methyl sites for hydroxylation is 2. The molecule has 2 unspecified atom stereocenters. The van der Waals surface area contributed by atoms with E-state index in [4.69, 9.17) is 0 Å². The monoisotopic (exact) mass is 332 g/mol. The van der Waals surface area contributed by atoms with Crippen LogP contribution >= 0.6 is 0 Å². The van der Waals surface area contributed by atoms with E-state index in [1.54, 1.807) is 6.33 Å². The molecule has 0 saturated carbocycles. The van der Waals surface area contributed by atoms with E-state index in [2.05, 4.69) is 70.0 Å². The number of benzene rings is 2. The van der Waals surface area contributed by atoms with Gasteiger partial charge in [-0.05, 0) is 36.0 Å². The molecule has 4 heteroatoms. The number of hydrogen-bond acceptors (Lipinski definition) is 3. The van der Waals surface area contributed by atoms with Crippen LogP contribution in [0, 0.1) is 0 Å². The Balaban J connectivity index is 1.65. The summed E-state index contributed by atoms with van der Waals surface area (Å²) in [7, 11) is 1.94. The largest absolute Gasteiger partial charge is 0.302 e. The van der Waals surface area contributed by atoms with Gasteiger partial charge in [-0.1, -0.05) is 54.6 Å². The third kappa shape index (κ3) is 3.35. The van der Waals surface area contributed by atoms with E-state index in [0.717, 1.165) is 5.82 Å². The number of hydrogen-bond donors (Lipinski definition) is 1. The zero-order valence-electron chi connectivity index (χ0n) is 14.6. The summed E-state index contributed by atoms with van der Waals surface area (Å²) in [5, 5.41) is 7.95. The molecule has 1 aliphatic rings. The smallest absolute Gasteiger partial charge is 0.140 e. The highest BCUT2D eigenvalue weighted by atomic mass is 15.3. The van der Waals surface area contributed by atoms with Gasteiger partial charge in [0.2, 0.25) is 0 Å². The van der Waals surface area contributed by atoms with Crippen molar-refractivity contribution in [2.24, 2.45) is 7.05 Å². The molecule has 2 atom stereocenters. The van der Waals surface area contributed by atoms with Crippen LogP contribution in [0.1, 0.15) is 47.3 Å². The fourth-order valence-corrected chi connectivity index (χ4v) is 3.97. The second-order valence-corrected chi connectivity index (χ2v) is 6.77. The van der Waals surface area contributed by atoms with Crippen LogP contribution in [0.4, 0.5) is 0 Å². The van der Waals surface area contributed by atoms with Gasteiger partial charge in [0.25, 0.3) is 0 Å². The fraction of sp³-hybridized carbons (Fsp3) is 0.333. The predicted octanol–water partition coefficient (Wildman–Crippen LogP) is 3.77. The Hall–Kier alpha value is -2.46. The highest BCUT2D eigenvalue weighted by Gasteiger charge is 2.28. The summed E-state index contributed by atoms with van der Waals surface area (Å²) in [6, 6.07) is 20.0. The first-order valence-corrected chi connectivity index (χ1v) is 9.02. The van der Waals surface area contributed by atoms with Gasteiger partial charge in [-0.2, -0.15) is 5.10 Å². The summed E-state index contributed by atoms with van der Waals surface area (Å²) in [6.45, 7) is 0.717. The zero-order valence-corrected chi connectivity index (χ0v) is 14.6. The third-order valence-corrected chi connectivity index (χ3v) is 5.26. The number of rotatable bonds is 5. The van der Waals surface area contributed by atoms with Crippen molar-refractivity contribution in [2.45, 2.75) is 37.8 Å². The van der Waals surface area contributed by atoms with Gasteiger partial charge in [0.05, 0.1) is 6.54 Å². The lowest BCUT2D eigenvalue weighted by Gasteiger charge is -2.33. The SMILES string of the molecule is Cn1ncnc1CNC(c1ccccc1)C1CCCc2ccccc21. The van der Waals surface area contributed by atoms with Crippen molar-refractivity contribution in [3.63, 3.8) is 0 Å². The minimum Gasteiger partial charge on any atom is -0.302 e. The number of aromatic nitrogens is 3. The minimum absolute atomic E-state index is 0.277. The molecule has 1 heterocycles. The molecule has 25 heavy (non-hydrogen) atoms. The van der Waals surface area contributed by atoms with Crippen LogP contribution in [0.5, 0.6) is 0 Å². The molecule has 0 radical (unpaired) electrons. The summed E-state index contributed by atoms with van der Waals surface area (Å²) in [5.74, 6) is 1.45. The Bertz CT molecular complexity index is 825. The quantitative estimate of drug-likeness (QED) is 0.773. The highest BCUT2D eigenvalue weighted by Crippen LogP contribution is 2.40. The average Bonchev–Trinajstić information content (AvgIpc) is 3.08. The van der Waals surface area contributed by atoms with Gasteiger partial charge in [0.1, 0.15) is 12.2 Å². The van der Waals surface area contributed by atoms with Crippen molar-refractivity contribution < 1.29 is 0 Å². The van der Waals surface area contributed by atoms with E-state index in [-0.39, 0.29) is 6.04 Å². The molecule has 128 valence electrons. The first-order valence-electron chi connectivity index (χ1n) is 9.02. The van der Waals surface area contributed by atoms with Crippen molar-refractivity contribution in [1.82, 2.24) is 20.1 Å². The Morgan fingerprint density at radius 1 is 1.12 bits per heavy atom. The van der Waals surface area contributed by atoms with E-state index in [1.807, 2.05) is 11.7 Å². The summed E-state index contributed by atoms with van der Waals surface area (Å²) < 4.78 is 1.84. The maximum atomic E-state index is 4.36. The molecule has 0 fully saturated rings. The summed E-state index contributed by atoms with van der Waals surface area (Å²) in [6.07, 6.45) is 5.26. The fourth-order valence-electron chi connectivity index (χ4n) is 3.97. The van der Waals surface area contributed by atoms with Crippen LogP contribution < -0.4 is 5.32 Å². The Labute approximate surface area is 148 Å². The molecule has 1 aromatic heterocycles. The van der Waals surface area contributed by atoms with Crippen LogP contribution in [0.15, 0.2) is 60.9 Å². The van der Waals surface area contributed by atoms with Gasteiger partial charge in [-0.15, -0.1) is 0 Å². The summed E-state index contributed by atoms with van der Waals surface area (Å²) in [4.78, 5) is 4.36. The molecular weight excluding hydrogens is 308 g/mol. The van der Waals surface area contributed by atoms with E-state index in [0.29, 0.717) is 12.5 Å². The Kier molecular flexibility index (Phi) is 4.61. The second-order valence-electron chi connectivity index (χ2n) is 6.77. The topological polar surface area (TPSA) is 42.7 Å². The van der Waals surface area contributed by atoms with Crippen LogP contribution in [0.3, 0.4) is 0 Å². The summed E-state index contributed by atoms with van der Waals surface area (Å²) >= 11 is 0. The summed E-state index contributed by atoms with van der Waals surface area (Å²) in [5.41, 5.74) is 4.33. The minimum atomic E-state index is 0.277. The Morgan fingerprint density at radius 3 is 2.72 bits per heavy atom. The molecule has 0 bridgehead atoms.